The number of aromatic amines is 1. The van der Waals surface area contributed by atoms with Crippen LogP contribution >= 0.6 is 11.3 Å². The summed E-state index contributed by atoms with van der Waals surface area (Å²) >= 11 is 1.40. The minimum Gasteiger partial charge on any atom is -0.507 e. The fourth-order valence-electron chi connectivity index (χ4n) is 3.99. The van der Waals surface area contributed by atoms with Crippen LogP contribution in [0.1, 0.15) is 22.0 Å². The third kappa shape index (κ3) is 3.07. The molecule has 1 atom stereocenters. The maximum absolute atomic E-state index is 13.2. The maximum Gasteiger partial charge on any atom is 0.302 e. The number of hydrogen-bond acceptors (Lipinski definition) is 6. The number of ether oxygens (including phenoxy) is 1. The van der Waals surface area contributed by atoms with E-state index < -0.39 is 17.7 Å². The molecule has 1 saturated heterocycles. The van der Waals surface area contributed by atoms with Crippen LogP contribution in [0.15, 0.2) is 65.6 Å². The summed E-state index contributed by atoms with van der Waals surface area (Å²) in [6.07, 6.45) is 0. The second kappa shape index (κ2) is 7.65. The Labute approximate surface area is 187 Å². The molecule has 1 amide bonds. The number of aliphatic hydroxyl groups is 1. The van der Waals surface area contributed by atoms with Gasteiger partial charge < -0.3 is 14.8 Å². The lowest BCUT2D eigenvalue weighted by atomic mass is 9.97. The number of rotatable bonds is 4. The Balaban J connectivity index is 1.71. The second-order valence-corrected chi connectivity index (χ2v) is 8.42. The minimum absolute atomic E-state index is 0.0335. The number of nitrogens with zero attached hydrogens (tertiary/aromatic N) is 2. The van der Waals surface area contributed by atoms with Gasteiger partial charge in [0.1, 0.15) is 17.6 Å². The van der Waals surface area contributed by atoms with Crippen LogP contribution in [0.25, 0.3) is 16.8 Å². The molecule has 0 aliphatic carbocycles. The smallest absolute Gasteiger partial charge is 0.302 e. The molecule has 0 bridgehead atoms. The fourth-order valence-corrected chi connectivity index (χ4v) is 4.82. The van der Waals surface area contributed by atoms with E-state index in [1.807, 2.05) is 48.7 Å². The van der Waals surface area contributed by atoms with Crippen LogP contribution in [0.5, 0.6) is 5.75 Å². The van der Waals surface area contributed by atoms with E-state index >= 15 is 0 Å². The molecular formula is C24H19N3O4S. The first kappa shape index (κ1) is 20.0. The van der Waals surface area contributed by atoms with E-state index in [4.69, 9.17) is 4.74 Å². The maximum atomic E-state index is 13.2. The summed E-state index contributed by atoms with van der Waals surface area (Å²) in [5.74, 6) is -0.818. The number of carbonyl (C=O) groups excluding carboxylic acids is 2. The van der Waals surface area contributed by atoms with E-state index in [2.05, 4.69) is 9.97 Å². The lowest BCUT2D eigenvalue weighted by molar-refractivity contribution is -0.132. The summed E-state index contributed by atoms with van der Waals surface area (Å²) < 4.78 is 5.24. The molecule has 160 valence electrons. The highest BCUT2D eigenvalue weighted by Crippen LogP contribution is 2.43. The number of anilines is 1. The number of para-hydroxylation sites is 2. The van der Waals surface area contributed by atoms with Crippen molar-refractivity contribution in [2.24, 2.45) is 0 Å². The molecule has 7 nitrogen and oxygen atoms in total. The highest BCUT2D eigenvalue weighted by atomic mass is 32.1. The van der Waals surface area contributed by atoms with Gasteiger partial charge in [0.25, 0.3) is 5.78 Å². The number of thiophene rings is 1. The molecule has 2 N–H and O–H groups in total. The number of aromatic nitrogens is 2. The first-order chi connectivity index (χ1) is 15.5. The van der Waals surface area contributed by atoms with Crippen molar-refractivity contribution in [3.8, 4) is 5.75 Å². The number of aliphatic hydroxyl groups excluding tert-OH is 1. The number of carbonyl (C=O) groups is 2. The van der Waals surface area contributed by atoms with Crippen LogP contribution < -0.4 is 9.64 Å². The van der Waals surface area contributed by atoms with Crippen molar-refractivity contribution in [2.45, 2.75) is 13.0 Å². The molecule has 3 heterocycles. The Kier molecular flexibility index (Phi) is 4.79. The van der Waals surface area contributed by atoms with E-state index in [0.717, 1.165) is 16.0 Å². The molecule has 32 heavy (non-hydrogen) atoms. The predicted octanol–water partition coefficient (Wildman–Crippen LogP) is 4.57. The standard InChI is InChI=1S/C24H19N3O4S/c1-13-12-14(31-2)9-10-15(13)21(28)19-20(18-8-5-11-32-18)27(23(30)22(19)29)24-25-16-6-3-4-7-17(16)26-24/h3-12,20,28H,1-2H3,(H,25,26)/b21-19+. The van der Waals surface area contributed by atoms with Gasteiger partial charge in [-0.2, -0.15) is 0 Å². The number of hydrogen-bond donors (Lipinski definition) is 2. The average Bonchev–Trinajstić information content (AvgIpc) is 3.52. The lowest BCUT2D eigenvalue weighted by Gasteiger charge is -2.21. The third-order valence-corrected chi connectivity index (χ3v) is 6.48. The summed E-state index contributed by atoms with van der Waals surface area (Å²) in [5, 5.41) is 13.1. The van der Waals surface area contributed by atoms with Gasteiger partial charge in [-0.15, -0.1) is 11.3 Å². The van der Waals surface area contributed by atoms with Crippen molar-refractivity contribution in [1.29, 1.82) is 0 Å². The largest absolute Gasteiger partial charge is 0.507 e. The molecule has 5 rings (SSSR count). The molecule has 0 saturated carbocycles. The number of amides is 1. The number of imidazole rings is 1. The second-order valence-electron chi connectivity index (χ2n) is 7.44. The molecule has 4 aromatic rings. The number of fused-ring (bicyclic) bond motifs is 1. The zero-order valence-electron chi connectivity index (χ0n) is 17.3. The van der Waals surface area contributed by atoms with Crippen LogP contribution in [0.3, 0.4) is 0 Å². The van der Waals surface area contributed by atoms with E-state index in [1.54, 1.807) is 25.3 Å². The van der Waals surface area contributed by atoms with Crippen LogP contribution in [0.2, 0.25) is 0 Å². The van der Waals surface area contributed by atoms with Crippen LogP contribution in [-0.4, -0.2) is 33.9 Å². The number of benzene rings is 2. The third-order valence-electron chi connectivity index (χ3n) is 5.55. The average molecular weight is 446 g/mol. The Morgan fingerprint density at radius 3 is 2.66 bits per heavy atom. The van der Waals surface area contributed by atoms with Crippen molar-refractivity contribution in [1.82, 2.24) is 9.97 Å². The van der Waals surface area contributed by atoms with Gasteiger partial charge in [0.05, 0.1) is 23.7 Å². The first-order valence-electron chi connectivity index (χ1n) is 9.93. The van der Waals surface area contributed by atoms with Gasteiger partial charge in [-0.3, -0.25) is 14.5 Å². The minimum atomic E-state index is -0.794. The molecule has 1 aliphatic heterocycles. The van der Waals surface area contributed by atoms with E-state index in [0.29, 0.717) is 16.8 Å². The molecule has 8 heteroatoms. The molecule has 1 aliphatic rings. The number of Topliss-reactive ketones (excluding diaryl/α,β-unsaturated/α-hetero) is 1. The van der Waals surface area contributed by atoms with Gasteiger partial charge >= 0.3 is 5.91 Å². The number of H-pyrrole nitrogens is 1. The summed E-state index contributed by atoms with van der Waals surface area (Å²) in [5.41, 5.74) is 2.66. The van der Waals surface area contributed by atoms with Gasteiger partial charge in [0, 0.05) is 10.4 Å². The zero-order valence-corrected chi connectivity index (χ0v) is 18.1. The fraction of sp³-hybridized carbons (Fsp3) is 0.125. The molecule has 0 spiro atoms. The Morgan fingerprint density at radius 1 is 1.16 bits per heavy atom. The molecular weight excluding hydrogens is 426 g/mol. The van der Waals surface area contributed by atoms with Gasteiger partial charge in [0.2, 0.25) is 5.95 Å². The first-order valence-corrected chi connectivity index (χ1v) is 10.8. The summed E-state index contributed by atoms with van der Waals surface area (Å²) in [6, 6.07) is 15.4. The molecule has 2 aromatic heterocycles. The molecule has 1 fully saturated rings. The monoisotopic (exact) mass is 445 g/mol. The number of methoxy groups -OCH3 is 1. The topological polar surface area (TPSA) is 95.5 Å². The molecule has 0 radical (unpaired) electrons. The quantitative estimate of drug-likeness (QED) is 0.273. The van der Waals surface area contributed by atoms with E-state index in [-0.39, 0.29) is 17.3 Å². The van der Waals surface area contributed by atoms with Crippen LogP contribution in [-0.2, 0) is 9.59 Å². The van der Waals surface area contributed by atoms with Crippen LogP contribution in [0, 0.1) is 6.92 Å². The van der Waals surface area contributed by atoms with Crippen molar-refractivity contribution >= 4 is 45.8 Å². The lowest BCUT2D eigenvalue weighted by Crippen LogP contribution is -2.30. The zero-order chi connectivity index (χ0) is 22.4. The normalized spacial score (nSPS) is 17.9. The highest BCUT2D eigenvalue weighted by Gasteiger charge is 2.48. The Morgan fingerprint density at radius 2 is 1.97 bits per heavy atom. The number of nitrogens with one attached hydrogen (secondary N) is 1. The van der Waals surface area contributed by atoms with Gasteiger partial charge in [0.15, 0.2) is 0 Å². The summed E-state index contributed by atoms with van der Waals surface area (Å²) in [7, 11) is 1.56. The number of ketones is 1. The predicted molar refractivity (Wildman–Crippen MR) is 123 cm³/mol. The SMILES string of the molecule is COc1ccc(/C(O)=C2\C(=O)C(=O)N(c3nc4ccccc4[nH]3)C2c2cccs2)c(C)c1. The highest BCUT2D eigenvalue weighted by molar-refractivity contribution is 7.10. The summed E-state index contributed by atoms with van der Waals surface area (Å²) in [4.78, 5) is 36.1. The van der Waals surface area contributed by atoms with E-state index in [9.17, 15) is 14.7 Å². The van der Waals surface area contributed by atoms with Crippen molar-refractivity contribution in [3.05, 3.63) is 81.6 Å². The molecule has 1 unspecified atom stereocenters. The summed E-state index contributed by atoms with van der Waals surface area (Å²) in [6.45, 7) is 1.81. The van der Waals surface area contributed by atoms with Crippen molar-refractivity contribution < 1.29 is 19.4 Å². The van der Waals surface area contributed by atoms with Gasteiger partial charge in [-0.05, 0) is 54.3 Å². The molecule has 2 aromatic carbocycles. The Bertz CT molecular complexity index is 1350. The van der Waals surface area contributed by atoms with Crippen molar-refractivity contribution in [2.75, 3.05) is 12.0 Å². The van der Waals surface area contributed by atoms with Crippen LogP contribution in [0.4, 0.5) is 5.95 Å². The van der Waals surface area contributed by atoms with Gasteiger partial charge in [-0.25, -0.2) is 4.98 Å². The van der Waals surface area contributed by atoms with Gasteiger partial charge in [-0.1, -0.05) is 18.2 Å². The number of aryl methyl sites for hydroxylation is 1. The van der Waals surface area contributed by atoms with Crippen molar-refractivity contribution in [3.63, 3.8) is 0 Å². The van der Waals surface area contributed by atoms with E-state index in [1.165, 1.54) is 16.2 Å². The Hall–Kier alpha value is -3.91.